The number of carbonyl (C=O) groups is 1. The van der Waals surface area contributed by atoms with Crippen molar-refractivity contribution in [2.45, 2.75) is 80.9 Å². The standard InChI is InChI=1S/C29H35F6N3O3S/c1-18(2)37(3)23-9-10-26(19(13-23)17-42(40,41)24-7-5-4-6-8-24)38-12-11-25(27(38)39)36-22-15-20(28(30,31)32)14-21(16-22)29(33,34)35/h4-8,14-16,18-19,23,25-26,36H,9-13,17H2,1-3H3/t19-,23-,25?,26+/m1/s1. The van der Waals surface area contributed by atoms with Gasteiger partial charge >= 0.3 is 12.4 Å². The average molecular weight is 620 g/mol. The number of rotatable bonds is 8. The van der Waals surface area contributed by atoms with Crippen LogP contribution in [0, 0.1) is 5.92 Å². The minimum Gasteiger partial charge on any atom is -0.374 e. The second-order valence-corrected chi connectivity index (χ2v) is 13.5. The van der Waals surface area contributed by atoms with Crippen molar-refractivity contribution in [1.29, 1.82) is 0 Å². The predicted molar refractivity (Wildman–Crippen MR) is 146 cm³/mol. The van der Waals surface area contributed by atoms with E-state index in [9.17, 15) is 39.6 Å². The van der Waals surface area contributed by atoms with Crippen LogP contribution in [0.4, 0.5) is 32.0 Å². The van der Waals surface area contributed by atoms with Gasteiger partial charge in [-0.2, -0.15) is 26.3 Å². The Bertz CT molecular complexity index is 1330. The fraction of sp³-hybridized carbons (Fsp3) is 0.552. The molecule has 0 radical (unpaired) electrons. The van der Waals surface area contributed by atoms with E-state index in [0.29, 0.717) is 31.4 Å². The molecule has 2 aromatic rings. The molecule has 42 heavy (non-hydrogen) atoms. The molecule has 4 atom stereocenters. The lowest BCUT2D eigenvalue weighted by molar-refractivity contribution is -0.143. The van der Waals surface area contributed by atoms with E-state index in [1.165, 1.54) is 12.1 Å². The summed E-state index contributed by atoms with van der Waals surface area (Å²) >= 11 is 0. The molecule has 1 unspecified atom stereocenters. The van der Waals surface area contributed by atoms with Gasteiger partial charge in [0.1, 0.15) is 6.04 Å². The summed E-state index contributed by atoms with van der Waals surface area (Å²) in [5, 5.41) is 2.60. The third kappa shape index (κ3) is 7.21. The van der Waals surface area contributed by atoms with Gasteiger partial charge in [-0.05, 0) is 82.8 Å². The SMILES string of the molecule is CC(C)N(C)[C@@H]1CC[C@H](N2CCC(Nc3cc(C(F)(F)F)cc(C(F)(F)F)c3)C2=O)[C@@H](CS(=O)(=O)c2ccccc2)C1. The number of hydrogen-bond acceptors (Lipinski definition) is 5. The van der Waals surface area contributed by atoms with Crippen LogP contribution in [0.25, 0.3) is 0 Å². The average Bonchev–Trinajstić information content (AvgIpc) is 3.26. The molecule has 1 N–H and O–H groups in total. The molecular formula is C29H35F6N3O3S. The van der Waals surface area contributed by atoms with Crippen molar-refractivity contribution >= 4 is 21.4 Å². The Hall–Kier alpha value is -2.80. The highest BCUT2D eigenvalue weighted by Gasteiger charge is 2.44. The van der Waals surface area contributed by atoms with Crippen molar-refractivity contribution in [2.75, 3.05) is 24.7 Å². The van der Waals surface area contributed by atoms with Crippen LogP contribution in [-0.4, -0.2) is 67.6 Å². The van der Waals surface area contributed by atoms with Gasteiger partial charge in [0.2, 0.25) is 5.91 Å². The van der Waals surface area contributed by atoms with Crippen molar-refractivity contribution < 1.29 is 39.6 Å². The topological polar surface area (TPSA) is 69.7 Å². The molecule has 0 aromatic heterocycles. The number of sulfone groups is 1. The smallest absolute Gasteiger partial charge is 0.374 e. The monoisotopic (exact) mass is 619 g/mol. The Morgan fingerprint density at radius 2 is 1.55 bits per heavy atom. The zero-order valence-corrected chi connectivity index (χ0v) is 24.4. The summed E-state index contributed by atoms with van der Waals surface area (Å²) in [6.07, 6.45) is -8.11. The summed E-state index contributed by atoms with van der Waals surface area (Å²) in [7, 11) is -1.72. The van der Waals surface area contributed by atoms with Crippen molar-refractivity contribution in [2.24, 2.45) is 5.92 Å². The molecule has 1 saturated carbocycles. The molecule has 6 nitrogen and oxygen atoms in total. The van der Waals surface area contributed by atoms with Crippen LogP contribution in [0.5, 0.6) is 0 Å². The fourth-order valence-electron chi connectivity index (χ4n) is 6.01. The molecule has 4 rings (SSSR count). The number of likely N-dealkylation sites (tertiary alicyclic amines) is 1. The predicted octanol–water partition coefficient (Wildman–Crippen LogP) is 6.09. The van der Waals surface area contributed by atoms with Crippen molar-refractivity contribution in [3.63, 3.8) is 0 Å². The van der Waals surface area contributed by atoms with E-state index >= 15 is 0 Å². The lowest BCUT2D eigenvalue weighted by Crippen LogP contribution is -2.52. The van der Waals surface area contributed by atoms with Gasteiger partial charge in [0.05, 0.1) is 21.8 Å². The molecule has 1 heterocycles. The minimum atomic E-state index is -5.01. The van der Waals surface area contributed by atoms with Gasteiger partial charge in [-0.3, -0.25) is 4.79 Å². The fourth-order valence-corrected chi connectivity index (χ4v) is 7.70. The highest BCUT2D eigenvalue weighted by molar-refractivity contribution is 7.91. The zero-order chi connectivity index (χ0) is 31.0. The van der Waals surface area contributed by atoms with E-state index in [4.69, 9.17) is 0 Å². The largest absolute Gasteiger partial charge is 0.416 e. The first-order valence-corrected chi connectivity index (χ1v) is 15.5. The van der Waals surface area contributed by atoms with Crippen LogP contribution in [-0.2, 0) is 27.0 Å². The number of carbonyl (C=O) groups excluding carboxylic acids is 1. The number of alkyl halides is 6. The Kier molecular flexibility index (Phi) is 9.23. The van der Waals surface area contributed by atoms with Crippen molar-refractivity contribution in [3.05, 3.63) is 59.7 Å². The third-order valence-corrected chi connectivity index (χ3v) is 10.3. The molecule has 2 aliphatic rings. The van der Waals surface area contributed by atoms with E-state index in [1.54, 1.807) is 23.1 Å². The van der Waals surface area contributed by atoms with Crippen LogP contribution in [0.3, 0.4) is 0 Å². The molecule has 0 spiro atoms. The number of benzene rings is 2. The number of halogens is 6. The summed E-state index contributed by atoms with van der Waals surface area (Å²) in [6, 6.07) is 8.03. The summed E-state index contributed by atoms with van der Waals surface area (Å²) in [5.74, 6) is -1.07. The van der Waals surface area contributed by atoms with Gasteiger partial charge in [0.15, 0.2) is 9.84 Å². The van der Waals surface area contributed by atoms with Crippen LogP contribution >= 0.6 is 0 Å². The first-order chi connectivity index (χ1) is 19.5. The van der Waals surface area contributed by atoms with Gasteiger partial charge < -0.3 is 15.1 Å². The molecule has 1 amide bonds. The maximum Gasteiger partial charge on any atom is 0.416 e. The summed E-state index contributed by atoms with van der Waals surface area (Å²) in [4.78, 5) is 17.5. The molecule has 13 heteroatoms. The van der Waals surface area contributed by atoms with Crippen molar-refractivity contribution in [1.82, 2.24) is 9.80 Å². The van der Waals surface area contributed by atoms with Gasteiger partial charge in [-0.15, -0.1) is 0 Å². The van der Waals surface area contributed by atoms with Crippen molar-refractivity contribution in [3.8, 4) is 0 Å². The number of anilines is 1. The number of nitrogens with zero attached hydrogens (tertiary/aromatic N) is 2. The second kappa shape index (κ2) is 12.1. The summed E-state index contributed by atoms with van der Waals surface area (Å²) in [5.41, 5.74) is -3.40. The Balaban J connectivity index is 1.58. The lowest BCUT2D eigenvalue weighted by Gasteiger charge is -2.44. The summed E-state index contributed by atoms with van der Waals surface area (Å²) < 4.78 is 107. The molecule has 232 valence electrons. The van der Waals surface area contributed by atoms with E-state index in [0.717, 1.165) is 0 Å². The molecular weight excluding hydrogens is 584 g/mol. The van der Waals surface area contributed by atoms with E-state index in [-0.39, 0.29) is 41.8 Å². The molecule has 0 bridgehead atoms. The molecule has 2 aromatic carbocycles. The molecule has 1 aliphatic carbocycles. The highest BCUT2D eigenvalue weighted by Crippen LogP contribution is 2.39. The number of hydrogen-bond donors (Lipinski definition) is 1. The maximum atomic E-state index is 13.5. The van der Waals surface area contributed by atoms with Gasteiger partial charge in [0.25, 0.3) is 0 Å². The molecule has 1 aliphatic heterocycles. The Morgan fingerprint density at radius 1 is 0.952 bits per heavy atom. The highest BCUT2D eigenvalue weighted by atomic mass is 32.2. The lowest BCUT2D eigenvalue weighted by atomic mass is 9.81. The maximum absolute atomic E-state index is 13.5. The minimum absolute atomic E-state index is 0.0400. The van der Waals surface area contributed by atoms with Crippen LogP contribution in [0.1, 0.15) is 50.7 Å². The molecule has 2 fully saturated rings. The van der Waals surface area contributed by atoms with E-state index in [1.807, 2.05) is 20.9 Å². The van der Waals surface area contributed by atoms with Crippen LogP contribution < -0.4 is 5.32 Å². The Labute approximate surface area is 242 Å². The Morgan fingerprint density at radius 3 is 2.10 bits per heavy atom. The first kappa shape index (κ1) is 32.1. The van der Waals surface area contributed by atoms with E-state index < -0.39 is 62.9 Å². The number of nitrogens with one attached hydrogen (secondary N) is 1. The summed E-state index contributed by atoms with van der Waals surface area (Å²) in [6.45, 7) is 4.29. The van der Waals surface area contributed by atoms with Crippen LogP contribution in [0.2, 0.25) is 0 Å². The van der Waals surface area contributed by atoms with Gasteiger partial charge in [-0.25, -0.2) is 8.42 Å². The molecule has 1 saturated heterocycles. The zero-order valence-electron chi connectivity index (χ0n) is 23.5. The van der Waals surface area contributed by atoms with Gasteiger partial charge in [0, 0.05) is 30.4 Å². The van der Waals surface area contributed by atoms with Crippen LogP contribution in [0.15, 0.2) is 53.4 Å². The van der Waals surface area contributed by atoms with E-state index in [2.05, 4.69) is 10.2 Å². The van der Waals surface area contributed by atoms with Gasteiger partial charge in [-0.1, -0.05) is 18.2 Å². The number of amides is 1. The quantitative estimate of drug-likeness (QED) is 0.363. The first-order valence-electron chi connectivity index (χ1n) is 13.8. The second-order valence-electron chi connectivity index (χ2n) is 11.5. The third-order valence-electron chi connectivity index (χ3n) is 8.41. The normalized spacial score (nSPS) is 24.1.